The predicted molar refractivity (Wildman–Crippen MR) is 66.6 cm³/mol. The SMILES string of the molecule is CN(C)C(=O)c1cc(-c2ccccc2OC(F)F)no1. The fraction of sp³-hybridized carbons (Fsp3) is 0.231. The lowest BCUT2D eigenvalue weighted by Crippen LogP contribution is -2.20. The normalized spacial score (nSPS) is 10.7. The molecule has 0 saturated carbocycles. The summed E-state index contributed by atoms with van der Waals surface area (Å²) in [6.45, 7) is -2.94. The first-order valence-electron chi connectivity index (χ1n) is 5.71. The second-order valence-electron chi connectivity index (χ2n) is 4.15. The molecule has 5 nitrogen and oxygen atoms in total. The molecule has 0 spiro atoms. The maximum Gasteiger partial charge on any atom is 0.387 e. The summed E-state index contributed by atoms with van der Waals surface area (Å²) in [7, 11) is 3.14. The number of ether oxygens (including phenoxy) is 1. The molecule has 0 saturated heterocycles. The van der Waals surface area contributed by atoms with Gasteiger partial charge in [0.15, 0.2) is 0 Å². The van der Waals surface area contributed by atoms with Crippen molar-refractivity contribution in [2.24, 2.45) is 0 Å². The van der Waals surface area contributed by atoms with Crippen LogP contribution in [0.25, 0.3) is 11.3 Å². The molecule has 0 N–H and O–H groups in total. The van der Waals surface area contributed by atoms with Crippen LogP contribution in [0.4, 0.5) is 8.78 Å². The van der Waals surface area contributed by atoms with Crippen molar-refractivity contribution < 1.29 is 22.8 Å². The number of amides is 1. The van der Waals surface area contributed by atoms with Crippen LogP contribution in [0.1, 0.15) is 10.6 Å². The largest absolute Gasteiger partial charge is 0.434 e. The third-order valence-electron chi connectivity index (χ3n) is 2.51. The summed E-state index contributed by atoms with van der Waals surface area (Å²) in [5.41, 5.74) is 0.584. The zero-order valence-electron chi connectivity index (χ0n) is 10.8. The maximum absolute atomic E-state index is 12.3. The lowest BCUT2D eigenvalue weighted by molar-refractivity contribution is -0.0494. The molecular formula is C13H12F2N2O3. The first kappa shape index (κ1) is 14.0. The standard InChI is InChI=1S/C13H12F2N2O3/c1-17(2)12(18)11-7-9(16-20-11)8-5-3-4-6-10(8)19-13(14)15/h3-7,13H,1-2H3. The summed E-state index contributed by atoms with van der Waals surface area (Å²) in [6.07, 6.45) is 0. The minimum absolute atomic E-state index is 0.0249. The molecule has 0 aliphatic rings. The van der Waals surface area contributed by atoms with Crippen molar-refractivity contribution >= 4 is 5.91 Å². The third-order valence-corrected chi connectivity index (χ3v) is 2.51. The van der Waals surface area contributed by atoms with Gasteiger partial charge in [0.2, 0.25) is 5.76 Å². The Kier molecular flexibility index (Phi) is 3.97. The van der Waals surface area contributed by atoms with Crippen LogP contribution in [0.3, 0.4) is 0 Å². The average molecular weight is 282 g/mol. The molecule has 1 heterocycles. The topological polar surface area (TPSA) is 55.6 Å². The molecule has 0 aliphatic heterocycles. The van der Waals surface area contributed by atoms with Gasteiger partial charge in [-0.2, -0.15) is 8.78 Å². The molecule has 0 aliphatic carbocycles. The maximum atomic E-state index is 12.3. The summed E-state index contributed by atoms with van der Waals surface area (Å²) >= 11 is 0. The fourth-order valence-corrected chi connectivity index (χ4v) is 1.60. The molecule has 106 valence electrons. The van der Waals surface area contributed by atoms with Crippen molar-refractivity contribution in [2.75, 3.05) is 14.1 Å². The van der Waals surface area contributed by atoms with Crippen molar-refractivity contribution in [1.82, 2.24) is 10.1 Å². The minimum Gasteiger partial charge on any atom is -0.434 e. The van der Waals surface area contributed by atoms with Crippen LogP contribution in [-0.2, 0) is 0 Å². The Morgan fingerprint density at radius 1 is 1.35 bits per heavy atom. The Morgan fingerprint density at radius 3 is 2.70 bits per heavy atom. The first-order valence-corrected chi connectivity index (χ1v) is 5.71. The number of hydrogen-bond donors (Lipinski definition) is 0. The summed E-state index contributed by atoms with van der Waals surface area (Å²) in [5, 5.41) is 3.71. The van der Waals surface area contributed by atoms with Crippen LogP contribution >= 0.6 is 0 Å². The lowest BCUT2D eigenvalue weighted by Gasteiger charge is -2.07. The van der Waals surface area contributed by atoms with Gasteiger partial charge in [0.1, 0.15) is 11.4 Å². The highest BCUT2D eigenvalue weighted by Gasteiger charge is 2.18. The number of nitrogens with zero attached hydrogens (tertiary/aromatic N) is 2. The van der Waals surface area contributed by atoms with E-state index in [0.29, 0.717) is 5.56 Å². The quantitative estimate of drug-likeness (QED) is 0.865. The number of carbonyl (C=O) groups excluding carboxylic acids is 1. The number of para-hydroxylation sites is 1. The van der Waals surface area contributed by atoms with Crippen LogP contribution in [-0.4, -0.2) is 36.7 Å². The zero-order valence-corrected chi connectivity index (χ0v) is 10.8. The monoisotopic (exact) mass is 282 g/mol. The van der Waals surface area contributed by atoms with Gasteiger partial charge in [0.25, 0.3) is 5.91 Å². The van der Waals surface area contributed by atoms with E-state index in [1.165, 1.54) is 17.0 Å². The second-order valence-corrected chi connectivity index (χ2v) is 4.15. The number of rotatable bonds is 4. The van der Waals surface area contributed by atoms with Crippen LogP contribution in [0, 0.1) is 0 Å². The lowest BCUT2D eigenvalue weighted by atomic mass is 10.1. The van der Waals surface area contributed by atoms with E-state index < -0.39 is 6.61 Å². The molecule has 2 aromatic rings. The van der Waals surface area contributed by atoms with Crippen molar-refractivity contribution in [3.05, 3.63) is 36.1 Å². The highest BCUT2D eigenvalue weighted by molar-refractivity contribution is 5.92. The number of benzene rings is 1. The molecule has 1 aromatic carbocycles. The van der Waals surface area contributed by atoms with E-state index in [0.717, 1.165) is 0 Å². The molecule has 0 bridgehead atoms. The van der Waals surface area contributed by atoms with Crippen molar-refractivity contribution in [3.8, 4) is 17.0 Å². The van der Waals surface area contributed by atoms with Gasteiger partial charge in [-0.25, -0.2) is 0 Å². The molecular weight excluding hydrogens is 270 g/mol. The highest BCUT2D eigenvalue weighted by atomic mass is 19.3. The fourth-order valence-electron chi connectivity index (χ4n) is 1.60. The molecule has 0 unspecified atom stereocenters. The van der Waals surface area contributed by atoms with E-state index in [9.17, 15) is 13.6 Å². The van der Waals surface area contributed by atoms with Crippen LogP contribution in [0.15, 0.2) is 34.9 Å². The average Bonchev–Trinajstić information content (AvgIpc) is 2.87. The summed E-state index contributed by atoms with van der Waals surface area (Å²) in [6, 6.07) is 7.54. The van der Waals surface area contributed by atoms with Crippen molar-refractivity contribution in [3.63, 3.8) is 0 Å². The van der Waals surface area contributed by atoms with Gasteiger partial charge in [0, 0.05) is 25.7 Å². The van der Waals surface area contributed by atoms with E-state index in [-0.39, 0.29) is 23.1 Å². The number of halogens is 2. The first-order chi connectivity index (χ1) is 9.49. The van der Waals surface area contributed by atoms with Gasteiger partial charge in [-0.05, 0) is 12.1 Å². The number of aromatic nitrogens is 1. The van der Waals surface area contributed by atoms with E-state index in [4.69, 9.17) is 4.52 Å². The smallest absolute Gasteiger partial charge is 0.387 e. The Labute approximate surface area is 113 Å². The van der Waals surface area contributed by atoms with Gasteiger partial charge >= 0.3 is 6.61 Å². The van der Waals surface area contributed by atoms with E-state index in [1.54, 1.807) is 32.3 Å². The molecule has 20 heavy (non-hydrogen) atoms. The minimum atomic E-state index is -2.94. The second kappa shape index (κ2) is 5.68. The van der Waals surface area contributed by atoms with Gasteiger partial charge in [-0.1, -0.05) is 17.3 Å². The molecule has 0 atom stereocenters. The Balaban J connectivity index is 2.35. The van der Waals surface area contributed by atoms with E-state index in [2.05, 4.69) is 9.89 Å². The third kappa shape index (κ3) is 2.93. The van der Waals surface area contributed by atoms with E-state index in [1.807, 2.05) is 0 Å². The highest BCUT2D eigenvalue weighted by Crippen LogP contribution is 2.30. The summed E-state index contributed by atoms with van der Waals surface area (Å²) in [5.74, 6) is -0.368. The van der Waals surface area contributed by atoms with Crippen molar-refractivity contribution in [1.29, 1.82) is 0 Å². The van der Waals surface area contributed by atoms with E-state index >= 15 is 0 Å². The Morgan fingerprint density at radius 2 is 2.05 bits per heavy atom. The van der Waals surface area contributed by atoms with Gasteiger partial charge in [0.05, 0.1) is 0 Å². The molecule has 0 radical (unpaired) electrons. The summed E-state index contributed by atoms with van der Waals surface area (Å²) < 4.78 is 34.0. The predicted octanol–water partition coefficient (Wildman–Crippen LogP) is 2.64. The molecule has 1 aromatic heterocycles. The van der Waals surface area contributed by atoms with Crippen molar-refractivity contribution in [2.45, 2.75) is 6.61 Å². The number of carbonyl (C=O) groups is 1. The van der Waals surface area contributed by atoms with Gasteiger partial charge in [-0.15, -0.1) is 0 Å². The van der Waals surface area contributed by atoms with Gasteiger partial charge in [-0.3, -0.25) is 4.79 Å². The summed E-state index contributed by atoms with van der Waals surface area (Å²) in [4.78, 5) is 13.0. The molecule has 0 fully saturated rings. The zero-order chi connectivity index (χ0) is 14.7. The Hall–Kier alpha value is -2.44. The molecule has 1 amide bonds. The molecule has 2 rings (SSSR count). The molecule has 7 heteroatoms. The van der Waals surface area contributed by atoms with Crippen LogP contribution in [0.2, 0.25) is 0 Å². The Bertz CT molecular complexity index is 611. The van der Waals surface area contributed by atoms with Gasteiger partial charge < -0.3 is 14.2 Å². The number of alkyl halides is 2. The van der Waals surface area contributed by atoms with Crippen LogP contribution in [0.5, 0.6) is 5.75 Å². The van der Waals surface area contributed by atoms with Crippen LogP contribution < -0.4 is 4.74 Å². The number of hydrogen-bond acceptors (Lipinski definition) is 4.